The number of rotatable bonds is 18. The predicted octanol–water partition coefficient (Wildman–Crippen LogP) is -3.83. The van der Waals surface area contributed by atoms with E-state index in [0.717, 1.165) is 0 Å². The fraction of sp³-hybridized carbons (Fsp3) is 0.696. The van der Waals surface area contributed by atoms with Crippen LogP contribution in [0.1, 0.15) is 51.4 Å². The van der Waals surface area contributed by atoms with E-state index in [4.69, 9.17) is 39.2 Å². The average Bonchev–Trinajstić information content (AvgIpc) is 3.37. The van der Waals surface area contributed by atoms with E-state index in [9.17, 15) is 19.2 Å². The van der Waals surface area contributed by atoms with Gasteiger partial charge in [-0.25, -0.2) is 0 Å². The Morgan fingerprint density at radius 3 is 1.77 bits per heavy atom. The largest absolute Gasteiger partial charge is 0.370 e. The molecule has 1 fully saturated rings. The van der Waals surface area contributed by atoms with Crippen LogP contribution in [0.5, 0.6) is 0 Å². The number of hydrogen-bond donors (Lipinski definition) is 12. The molecular formula is C23H44N13O4. The summed E-state index contributed by atoms with van der Waals surface area (Å²) in [7, 11) is 0. The molecule has 0 aromatic carbocycles. The quantitative estimate of drug-likeness (QED) is 0.0433. The number of hydrogen-bond acceptors (Lipinski definition) is 8. The van der Waals surface area contributed by atoms with Crippen molar-refractivity contribution < 1.29 is 19.2 Å². The Morgan fingerprint density at radius 2 is 1.27 bits per heavy atom. The van der Waals surface area contributed by atoms with E-state index in [2.05, 4.69) is 26.6 Å². The van der Waals surface area contributed by atoms with Crippen molar-refractivity contribution in [2.24, 2.45) is 22.9 Å². The normalized spacial score (nSPS) is 16.6. The van der Waals surface area contributed by atoms with E-state index in [1.807, 2.05) is 6.29 Å². The average molecular weight is 567 g/mol. The lowest BCUT2D eigenvalue weighted by molar-refractivity contribution is -0.137. The highest BCUT2D eigenvalue weighted by atomic mass is 16.2. The van der Waals surface area contributed by atoms with Crippen molar-refractivity contribution in [1.29, 1.82) is 16.2 Å². The molecule has 17 nitrogen and oxygen atoms in total. The summed E-state index contributed by atoms with van der Waals surface area (Å²) in [4.78, 5) is 52.2. The molecule has 1 radical (unpaired) electrons. The highest BCUT2D eigenvalue weighted by Gasteiger charge is 2.35. The van der Waals surface area contributed by atoms with Gasteiger partial charge < -0.3 is 54.4 Å². The Balaban J connectivity index is 2.95. The molecule has 16 N–H and O–H groups in total. The van der Waals surface area contributed by atoms with E-state index in [-0.39, 0.29) is 43.7 Å². The van der Waals surface area contributed by atoms with Gasteiger partial charge in [-0.3, -0.25) is 35.4 Å². The van der Waals surface area contributed by atoms with E-state index >= 15 is 0 Å². The molecule has 40 heavy (non-hydrogen) atoms. The Hall–Kier alpha value is -4.15. The van der Waals surface area contributed by atoms with Gasteiger partial charge in [-0.2, -0.15) is 0 Å². The lowest BCUT2D eigenvalue weighted by Crippen LogP contribution is -2.57. The van der Waals surface area contributed by atoms with Crippen LogP contribution in [0.2, 0.25) is 0 Å². The molecule has 3 amide bonds. The zero-order valence-corrected chi connectivity index (χ0v) is 22.7. The second kappa shape index (κ2) is 18.2. The molecule has 1 saturated heterocycles. The Morgan fingerprint density at radius 1 is 0.800 bits per heavy atom. The van der Waals surface area contributed by atoms with Crippen LogP contribution in [0.4, 0.5) is 0 Å². The van der Waals surface area contributed by atoms with Gasteiger partial charge >= 0.3 is 0 Å². The first-order chi connectivity index (χ1) is 19.0. The molecule has 0 saturated carbocycles. The summed E-state index contributed by atoms with van der Waals surface area (Å²) in [5.41, 5.74) is 21.9. The van der Waals surface area contributed by atoms with Crippen molar-refractivity contribution in [2.75, 3.05) is 26.2 Å². The molecule has 1 heterocycles. The van der Waals surface area contributed by atoms with Gasteiger partial charge in [0.1, 0.15) is 12.1 Å². The van der Waals surface area contributed by atoms with Crippen LogP contribution < -0.4 is 49.5 Å². The highest BCUT2D eigenvalue weighted by Crippen LogP contribution is 2.18. The molecule has 0 spiro atoms. The molecule has 1 aliphatic rings. The van der Waals surface area contributed by atoms with Crippen LogP contribution in [0.25, 0.3) is 0 Å². The standard InChI is InChI=1S/C23H44N13O4/c24-15(6-1-9-31-21(25)26)18(38)34-16(7-2-10-32-22(27)28)19(39)35-17(8-3-11-33-23(29)30)20(40)36-12-4-5-14(36)13-37/h14-17H,1-12,24H2,(H,34,38)(H,35,39)(H4,25,26,31)(H4,27,28,32)(H4,29,30,33)/t14-,15-,16-,17-/m0/s1. The predicted molar refractivity (Wildman–Crippen MR) is 150 cm³/mol. The lowest BCUT2D eigenvalue weighted by atomic mass is 10.1. The minimum atomic E-state index is -1.04. The number of amides is 3. The van der Waals surface area contributed by atoms with Crippen molar-refractivity contribution in [3.8, 4) is 0 Å². The summed E-state index contributed by atoms with van der Waals surface area (Å²) in [6.07, 6.45) is 4.85. The minimum absolute atomic E-state index is 0.164. The number of carbonyl (C=O) groups excluding carboxylic acids is 4. The monoisotopic (exact) mass is 566 g/mol. The smallest absolute Gasteiger partial charge is 0.245 e. The fourth-order valence-corrected chi connectivity index (χ4v) is 4.17. The molecule has 0 bridgehead atoms. The van der Waals surface area contributed by atoms with E-state index in [1.54, 1.807) is 0 Å². The summed E-state index contributed by atoms with van der Waals surface area (Å²) in [6.45, 7) is 1.29. The van der Waals surface area contributed by atoms with Crippen molar-refractivity contribution in [3.63, 3.8) is 0 Å². The number of nitrogens with two attached hydrogens (primary N) is 4. The Bertz CT molecular complexity index is 900. The summed E-state index contributed by atoms with van der Waals surface area (Å²) < 4.78 is 0. The first-order valence-corrected chi connectivity index (χ1v) is 13.2. The molecule has 17 heteroatoms. The van der Waals surface area contributed by atoms with Crippen molar-refractivity contribution in [3.05, 3.63) is 0 Å². The Kier molecular flexibility index (Phi) is 15.4. The van der Waals surface area contributed by atoms with Gasteiger partial charge in [-0.1, -0.05) is 0 Å². The maximum absolute atomic E-state index is 13.4. The zero-order chi connectivity index (χ0) is 30.1. The van der Waals surface area contributed by atoms with Crippen LogP contribution in [0.15, 0.2) is 0 Å². The lowest BCUT2D eigenvalue weighted by Gasteiger charge is -2.28. The number of nitrogens with zero attached hydrogens (tertiary/aromatic N) is 1. The molecule has 1 rings (SSSR count). The van der Waals surface area contributed by atoms with E-state index in [1.165, 1.54) is 4.90 Å². The molecule has 0 aliphatic carbocycles. The third-order valence-corrected chi connectivity index (χ3v) is 6.23. The van der Waals surface area contributed by atoms with Gasteiger partial charge in [-0.05, 0) is 51.4 Å². The minimum Gasteiger partial charge on any atom is -0.370 e. The van der Waals surface area contributed by atoms with Crippen LogP contribution in [0, 0.1) is 16.2 Å². The molecule has 0 aromatic rings. The molecule has 0 unspecified atom stereocenters. The van der Waals surface area contributed by atoms with Gasteiger partial charge in [0.15, 0.2) is 17.9 Å². The first kappa shape index (κ1) is 33.9. The van der Waals surface area contributed by atoms with Crippen LogP contribution in [0.3, 0.4) is 0 Å². The molecule has 1 aliphatic heterocycles. The summed E-state index contributed by atoms with van der Waals surface area (Å²) >= 11 is 0. The fourth-order valence-electron chi connectivity index (χ4n) is 4.17. The topological polar surface area (TPSA) is 307 Å². The number of likely N-dealkylation sites (tertiary alicyclic amines) is 1. The van der Waals surface area contributed by atoms with E-state index < -0.39 is 41.9 Å². The molecule has 225 valence electrons. The van der Waals surface area contributed by atoms with Crippen LogP contribution in [-0.2, 0) is 19.2 Å². The SMILES string of the molecule is N=C(N)NCCC[C@H](NC(=O)[C@@H](N)CCCNC(=N)N)C(=O)N[C@@H](CCCNC(=N)N)C(=O)N1CCC[C@H]1[C]=O. The first-order valence-electron chi connectivity index (χ1n) is 13.2. The highest BCUT2D eigenvalue weighted by molar-refractivity contribution is 5.93. The molecular weight excluding hydrogens is 522 g/mol. The van der Waals surface area contributed by atoms with Gasteiger partial charge in [0.05, 0.1) is 12.1 Å². The van der Waals surface area contributed by atoms with Gasteiger partial charge in [0, 0.05) is 26.2 Å². The second-order valence-electron chi connectivity index (χ2n) is 9.48. The van der Waals surface area contributed by atoms with E-state index in [0.29, 0.717) is 51.7 Å². The summed E-state index contributed by atoms with van der Waals surface area (Å²) in [5.74, 6) is -2.25. The summed E-state index contributed by atoms with van der Waals surface area (Å²) in [5, 5.41) is 35.0. The van der Waals surface area contributed by atoms with Crippen LogP contribution in [-0.4, -0.2) is 97.1 Å². The van der Waals surface area contributed by atoms with Crippen LogP contribution >= 0.6 is 0 Å². The second-order valence-corrected chi connectivity index (χ2v) is 9.48. The van der Waals surface area contributed by atoms with Gasteiger partial charge in [0.2, 0.25) is 24.0 Å². The zero-order valence-electron chi connectivity index (χ0n) is 22.7. The number of guanidine groups is 3. The number of nitrogens with one attached hydrogen (secondary N) is 8. The van der Waals surface area contributed by atoms with Gasteiger partial charge in [0.25, 0.3) is 0 Å². The number of carbonyl (C=O) groups is 3. The third-order valence-electron chi connectivity index (χ3n) is 6.23. The molecule has 0 aromatic heterocycles. The summed E-state index contributed by atoms with van der Waals surface area (Å²) in [6, 6.07) is -3.65. The van der Waals surface area contributed by atoms with Crippen molar-refractivity contribution in [1.82, 2.24) is 31.5 Å². The maximum atomic E-state index is 13.4. The third kappa shape index (κ3) is 13.1. The van der Waals surface area contributed by atoms with Crippen molar-refractivity contribution in [2.45, 2.75) is 75.5 Å². The van der Waals surface area contributed by atoms with Crippen molar-refractivity contribution >= 4 is 41.9 Å². The molecule has 4 atom stereocenters. The van der Waals surface area contributed by atoms with Gasteiger partial charge in [-0.15, -0.1) is 0 Å². The maximum Gasteiger partial charge on any atom is 0.245 e. The Labute approximate surface area is 233 Å².